The second kappa shape index (κ2) is 7.23. The highest BCUT2D eigenvalue weighted by Gasteiger charge is 2.13. The predicted molar refractivity (Wildman–Crippen MR) is 84.2 cm³/mol. The van der Waals surface area contributed by atoms with Crippen LogP contribution >= 0.6 is 0 Å². The summed E-state index contributed by atoms with van der Waals surface area (Å²) in [5, 5.41) is 3.39. The standard InChI is InChI=1S/C18H22FNO/c1-13(15-7-5-4-6-8-15)12-20-14(2)17-10-9-16(21-3)11-18(17)19/h4-11,13-14,20H,12H2,1-3H3. The molecule has 2 nitrogen and oxygen atoms in total. The molecule has 21 heavy (non-hydrogen) atoms. The summed E-state index contributed by atoms with van der Waals surface area (Å²) >= 11 is 0. The van der Waals surface area contributed by atoms with Gasteiger partial charge < -0.3 is 10.1 Å². The van der Waals surface area contributed by atoms with Gasteiger partial charge in [0.2, 0.25) is 0 Å². The first-order chi connectivity index (χ1) is 10.1. The summed E-state index contributed by atoms with van der Waals surface area (Å²) in [6, 6.07) is 15.3. The molecular weight excluding hydrogens is 265 g/mol. The monoisotopic (exact) mass is 287 g/mol. The van der Waals surface area contributed by atoms with Crippen LogP contribution in [0.4, 0.5) is 4.39 Å². The Balaban J connectivity index is 1.97. The van der Waals surface area contributed by atoms with Gasteiger partial charge in [-0.1, -0.05) is 43.3 Å². The Hall–Kier alpha value is -1.87. The average Bonchev–Trinajstić information content (AvgIpc) is 2.52. The molecule has 0 saturated heterocycles. The lowest BCUT2D eigenvalue weighted by Crippen LogP contribution is -2.24. The van der Waals surface area contributed by atoms with Gasteiger partial charge in [0.15, 0.2) is 0 Å². The van der Waals surface area contributed by atoms with E-state index in [1.54, 1.807) is 12.1 Å². The second-order valence-electron chi connectivity index (χ2n) is 5.33. The molecule has 0 fully saturated rings. The van der Waals surface area contributed by atoms with Gasteiger partial charge in [0.25, 0.3) is 0 Å². The first-order valence-electron chi connectivity index (χ1n) is 7.23. The number of methoxy groups -OCH3 is 1. The van der Waals surface area contributed by atoms with Gasteiger partial charge in [0.05, 0.1) is 7.11 Å². The average molecular weight is 287 g/mol. The summed E-state index contributed by atoms with van der Waals surface area (Å²) in [5.41, 5.74) is 1.95. The number of ether oxygens (including phenoxy) is 1. The molecule has 2 unspecified atom stereocenters. The summed E-state index contributed by atoms with van der Waals surface area (Å²) in [4.78, 5) is 0. The maximum absolute atomic E-state index is 14.0. The van der Waals surface area contributed by atoms with Crippen molar-refractivity contribution in [2.24, 2.45) is 0 Å². The zero-order chi connectivity index (χ0) is 15.2. The Morgan fingerprint density at radius 1 is 1.10 bits per heavy atom. The van der Waals surface area contributed by atoms with Crippen LogP contribution in [-0.2, 0) is 0 Å². The number of hydrogen-bond acceptors (Lipinski definition) is 2. The summed E-state index contributed by atoms with van der Waals surface area (Å²) < 4.78 is 19.0. The van der Waals surface area contributed by atoms with Gasteiger partial charge in [-0.3, -0.25) is 0 Å². The molecule has 3 heteroatoms. The van der Waals surface area contributed by atoms with Crippen molar-refractivity contribution >= 4 is 0 Å². The third-order valence-corrected chi connectivity index (χ3v) is 3.77. The molecule has 0 saturated carbocycles. The van der Waals surface area contributed by atoms with Crippen LogP contribution in [0.15, 0.2) is 48.5 Å². The molecule has 0 spiro atoms. The van der Waals surface area contributed by atoms with Crippen LogP contribution < -0.4 is 10.1 Å². The molecule has 0 radical (unpaired) electrons. The minimum absolute atomic E-state index is 0.0398. The van der Waals surface area contributed by atoms with Gasteiger partial charge in [0.1, 0.15) is 11.6 Å². The van der Waals surface area contributed by atoms with E-state index in [0.717, 1.165) is 6.54 Å². The summed E-state index contributed by atoms with van der Waals surface area (Å²) in [6.45, 7) is 4.94. The van der Waals surface area contributed by atoms with Crippen molar-refractivity contribution in [2.45, 2.75) is 25.8 Å². The van der Waals surface area contributed by atoms with Crippen molar-refractivity contribution < 1.29 is 9.13 Å². The molecule has 2 aromatic carbocycles. The van der Waals surface area contributed by atoms with E-state index >= 15 is 0 Å². The Bertz CT molecular complexity index is 571. The van der Waals surface area contributed by atoms with E-state index in [9.17, 15) is 4.39 Å². The lowest BCUT2D eigenvalue weighted by molar-refractivity contribution is 0.409. The molecule has 0 aliphatic heterocycles. The van der Waals surface area contributed by atoms with Crippen molar-refractivity contribution in [2.75, 3.05) is 13.7 Å². The fourth-order valence-electron chi connectivity index (χ4n) is 2.35. The van der Waals surface area contributed by atoms with Crippen LogP contribution in [0, 0.1) is 5.82 Å². The van der Waals surface area contributed by atoms with Gasteiger partial charge in [-0.2, -0.15) is 0 Å². The van der Waals surface area contributed by atoms with Crippen LogP contribution in [0.1, 0.15) is 36.9 Å². The van der Waals surface area contributed by atoms with Gasteiger partial charge in [-0.15, -0.1) is 0 Å². The molecule has 0 amide bonds. The van der Waals surface area contributed by atoms with Crippen molar-refractivity contribution in [3.8, 4) is 5.75 Å². The molecule has 2 rings (SSSR count). The van der Waals surface area contributed by atoms with E-state index in [1.807, 2.05) is 25.1 Å². The van der Waals surface area contributed by atoms with Crippen LogP contribution in [0.25, 0.3) is 0 Å². The fourth-order valence-corrected chi connectivity index (χ4v) is 2.35. The van der Waals surface area contributed by atoms with Gasteiger partial charge in [-0.25, -0.2) is 4.39 Å². The Morgan fingerprint density at radius 2 is 1.81 bits per heavy atom. The molecule has 0 aliphatic carbocycles. The normalized spacial score (nSPS) is 13.7. The Labute approximate surface area is 126 Å². The van der Waals surface area contributed by atoms with E-state index < -0.39 is 0 Å². The number of halogens is 1. The molecule has 0 aromatic heterocycles. The molecule has 0 aliphatic rings. The molecule has 112 valence electrons. The fraction of sp³-hybridized carbons (Fsp3) is 0.333. The topological polar surface area (TPSA) is 21.3 Å². The summed E-state index contributed by atoms with van der Waals surface area (Å²) in [7, 11) is 1.54. The van der Waals surface area contributed by atoms with Gasteiger partial charge in [-0.05, 0) is 24.5 Å². The van der Waals surface area contributed by atoms with Crippen molar-refractivity contribution in [1.82, 2.24) is 5.32 Å². The predicted octanol–water partition coefficient (Wildman–Crippen LogP) is 4.29. The maximum atomic E-state index is 14.0. The molecule has 2 atom stereocenters. The molecule has 2 aromatic rings. The maximum Gasteiger partial charge on any atom is 0.131 e. The van der Waals surface area contributed by atoms with Crippen molar-refractivity contribution in [3.05, 3.63) is 65.5 Å². The van der Waals surface area contributed by atoms with Crippen molar-refractivity contribution in [3.63, 3.8) is 0 Å². The molecule has 0 bridgehead atoms. The lowest BCUT2D eigenvalue weighted by atomic mass is 10.0. The van der Waals surface area contributed by atoms with Crippen LogP contribution in [0.3, 0.4) is 0 Å². The van der Waals surface area contributed by atoms with Crippen LogP contribution in [0.5, 0.6) is 5.75 Å². The molecule has 0 heterocycles. The van der Waals surface area contributed by atoms with E-state index in [4.69, 9.17) is 4.74 Å². The number of hydrogen-bond donors (Lipinski definition) is 1. The molecule has 1 N–H and O–H groups in total. The third-order valence-electron chi connectivity index (χ3n) is 3.77. The second-order valence-corrected chi connectivity index (χ2v) is 5.33. The minimum Gasteiger partial charge on any atom is -0.497 e. The minimum atomic E-state index is -0.235. The van der Waals surface area contributed by atoms with Crippen LogP contribution in [0.2, 0.25) is 0 Å². The highest BCUT2D eigenvalue weighted by Crippen LogP contribution is 2.22. The largest absolute Gasteiger partial charge is 0.497 e. The molecular formula is C18H22FNO. The number of benzene rings is 2. The summed E-state index contributed by atoms with van der Waals surface area (Å²) in [5.74, 6) is 0.692. The number of nitrogens with one attached hydrogen (secondary N) is 1. The Morgan fingerprint density at radius 3 is 2.43 bits per heavy atom. The number of rotatable bonds is 6. The zero-order valence-corrected chi connectivity index (χ0v) is 12.8. The third kappa shape index (κ3) is 4.05. The highest BCUT2D eigenvalue weighted by molar-refractivity contribution is 5.30. The van der Waals surface area contributed by atoms with Crippen molar-refractivity contribution in [1.29, 1.82) is 0 Å². The zero-order valence-electron chi connectivity index (χ0n) is 12.8. The highest BCUT2D eigenvalue weighted by atomic mass is 19.1. The first-order valence-corrected chi connectivity index (χ1v) is 7.23. The van der Waals surface area contributed by atoms with Crippen LogP contribution in [-0.4, -0.2) is 13.7 Å². The first kappa shape index (κ1) is 15.5. The van der Waals surface area contributed by atoms with E-state index in [2.05, 4.69) is 24.4 Å². The Kier molecular flexibility index (Phi) is 5.34. The van der Waals surface area contributed by atoms with E-state index in [0.29, 0.717) is 17.2 Å². The SMILES string of the molecule is COc1ccc(C(C)NCC(C)c2ccccc2)c(F)c1. The van der Waals surface area contributed by atoms with Gasteiger partial charge in [0, 0.05) is 24.2 Å². The summed E-state index contributed by atoms with van der Waals surface area (Å²) in [6.07, 6.45) is 0. The quantitative estimate of drug-likeness (QED) is 0.856. The smallest absolute Gasteiger partial charge is 0.131 e. The lowest BCUT2D eigenvalue weighted by Gasteiger charge is -2.19. The van der Waals surface area contributed by atoms with E-state index in [-0.39, 0.29) is 11.9 Å². The van der Waals surface area contributed by atoms with Gasteiger partial charge >= 0.3 is 0 Å². The van der Waals surface area contributed by atoms with E-state index in [1.165, 1.54) is 18.7 Å².